The SMILES string of the molecule is O=C(CNC(C1CC1)C1CC1)Nc1cccc(F)c1. The smallest absolute Gasteiger partial charge is 0.238 e. The molecule has 0 bridgehead atoms. The van der Waals surface area contributed by atoms with E-state index in [1.54, 1.807) is 12.1 Å². The van der Waals surface area contributed by atoms with Crippen LogP contribution < -0.4 is 10.6 Å². The monoisotopic (exact) mass is 262 g/mol. The number of hydrogen-bond donors (Lipinski definition) is 2. The van der Waals surface area contributed by atoms with Crippen molar-refractivity contribution >= 4 is 11.6 Å². The van der Waals surface area contributed by atoms with Gasteiger partial charge in [-0.25, -0.2) is 4.39 Å². The third-order valence-electron chi connectivity index (χ3n) is 3.87. The van der Waals surface area contributed by atoms with E-state index in [2.05, 4.69) is 10.6 Å². The normalized spacial score (nSPS) is 18.6. The van der Waals surface area contributed by atoms with Crippen LogP contribution in [-0.4, -0.2) is 18.5 Å². The van der Waals surface area contributed by atoms with Crippen molar-refractivity contribution in [2.24, 2.45) is 11.8 Å². The topological polar surface area (TPSA) is 41.1 Å². The molecule has 1 amide bonds. The molecule has 0 aromatic heterocycles. The van der Waals surface area contributed by atoms with Gasteiger partial charge in [-0.15, -0.1) is 0 Å². The zero-order valence-corrected chi connectivity index (χ0v) is 10.9. The van der Waals surface area contributed by atoms with E-state index in [1.807, 2.05) is 0 Å². The Balaban J connectivity index is 1.48. The maximum absolute atomic E-state index is 13.0. The molecule has 1 aromatic carbocycles. The molecule has 19 heavy (non-hydrogen) atoms. The number of nitrogens with one attached hydrogen (secondary N) is 2. The molecule has 0 atom stereocenters. The highest BCUT2D eigenvalue weighted by atomic mass is 19.1. The van der Waals surface area contributed by atoms with Gasteiger partial charge < -0.3 is 10.6 Å². The summed E-state index contributed by atoms with van der Waals surface area (Å²) in [7, 11) is 0. The molecule has 0 saturated heterocycles. The fourth-order valence-electron chi connectivity index (χ4n) is 2.61. The molecular formula is C15H19FN2O. The summed E-state index contributed by atoms with van der Waals surface area (Å²) in [6.07, 6.45) is 5.17. The molecule has 0 aliphatic heterocycles. The van der Waals surface area contributed by atoms with Crippen molar-refractivity contribution in [2.75, 3.05) is 11.9 Å². The van der Waals surface area contributed by atoms with Crippen molar-refractivity contribution in [3.63, 3.8) is 0 Å². The average molecular weight is 262 g/mol. The standard InChI is InChI=1S/C15H19FN2O/c16-12-2-1-3-13(8-12)18-14(19)9-17-15(10-4-5-10)11-6-7-11/h1-3,8,10-11,15,17H,4-7,9H2,(H,18,19). The van der Waals surface area contributed by atoms with Gasteiger partial charge in [-0.2, -0.15) is 0 Å². The Labute approximate surface area is 112 Å². The lowest BCUT2D eigenvalue weighted by Crippen LogP contribution is -2.38. The van der Waals surface area contributed by atoms with E-state index in [9.17, 15) is 9.18 Å². The fraction of sp³-hybridized carbons (Fsp3) is 0.533. The molecule has 3 rings (SSSR count). The summed E-state index contributed by atoms with van der Waals surface area (Å²) < 4.78 is 13.0. The summed E-state index contributed by atoms with van der Waals surface area (Å²) in [6, 6.07) is 6.50. The highest BCUT2D eigenvalue weighted by Crippen LogP contribution is 2.44. The van der Waals surface area contributed by atoms with E-state index in [1.165, 1.54) is 37.8 Å². The summed E-state index contributed by atoms with van der Waals surface area (Å²) in [5.74, 6) is 1.11. The highest BCUT2D eigenvalue weighted by Gasteiger charge is 2.41. The van der Waals surface area contributed by atoms with Crippen molar-refractivity contribution in [1.29, 1.82) is 0 Å². The predicted molar refractivity (Wildman–Crippen MR) is 72.3 cm³/mol. The van der Waals surface area contributed by atoms with Crippen molar-refractivity contribution in [3.8, 4) is 0 Å². The second kappa shape index (κ2) is 5.29. The van der Waals surface area contributed by atoms with E-state index < -0.39 is 0 Å². The van der Waals surface area contributed by atoms with Crippen LogP contribution in [-0.2, 0) is 4.79 Å². The Hall–Kier alpha value is -1.42. The van der Waals surface area contributed by atoms with Gasteiger partial charge in [0, 0.05) is 11.7 Å². The lowest BCUT2D eigenvalue weighted by Gasteiger charge is -2.17. The lowest BCUT2D eigenvalue weighted by atomic mass is 10.1. The zero-order valence-electron chi connectivity index (χ0n) is 10.9. The Morgan fingerprint density at radius 2 is 1.95 bits per heavy atom. The first kappa shape index (κ1) is 12.6. The minimum atomic E-state index is -0.334. The lowest BCUT2D eigenvalue weighted by molar-refractivity contribution is -0.115. The fourth-order valence-corrected chi connectivity index (χ4v) is 2.61. The Kier molecular flexibility index (Phi) is 3.51. The first-order chi connectivity index (χ1) is 9.22. The van der Waals surface area contributed by atoms with Crippen LogP contribution in [0, 0.1) is 17.7 Å². The molecule has 0 heterocycles. The van der Waals surface area contributed by atoms with E-state index in [0.29, 0.717) is 18.3 Å². The number of anilines is 1. The summed E-state index contributed by atoms with van der Waals surface area (Å²) in [6.45, 7) is 0.314. The third-order valence-corrected chi connectivity index (χ3v) is 3.87. The summed E-state index contributed by atoms with van der Waals surface area (Å²) in [5.41, 5.74) is 0.515. The molecule has 2 aliphatic carbocycles. The van der Waals surface area contributed by atoms with E-state index in [0.717, 1.165) is 11.8 Å². The van der Waals surface area contributed by atoms with E-state index in [4.69, 9.17) is 0 Å². The van der Waals surface area contributed by atoms with Crippen LogP contribution in [0.4, 0.5) is 10.1 Å². The second-order valence-corrected chi connectivity index (χ2v) is 5.64. The first-order valence-corrected chi connectivity index (χ1v) is 7.01. The van der Waals surface area contributed by atoms with Gasteiger partial charge in [0.05, 0.1) is 6.54 Å². The van der Waals surface area contributed by atoms with Crippen molar-refractivity contribution < 1.29 is 9.18 Å². The van der Waals surface area contributed by atoms with Crippen molar-refractivity contribution in [3.05, 3.63) is 30.1 Å². The molecule has 2 aliphatic rings. The minimum absolute atomic E-state index is 0.100. The minimum Gasteiger partial charge on any atom is -0.325 e. The molecule has 4 heteroatoms. The Morgan fingerprint density at radius 3 is 2.53 bits per heavy atom. The van der Waals surface area contributed by atoms with Gasteiger partial charge in [-0.05, 0) is 55.7 Å². The number of carbonyl (C=O) groups excluding carboxylic acids is 1. The summed E-state index contributed by atoms with van der Waals surface area (Å²) in [5, 5.41) is 6.09. The summed E-state index contributed by atoms with van der Waals surface area (Å²) >= 11 is 0. The molecule has 0 radical (unpaired) electrons. The number of hydrogen-bond acceptors (Lipinski definition) is 2. The van der Waals surface area contributed by atoms with E-state index >= 15 is 0 Å². The number of amides is 1. The first-order valence-electron chi connectivity index (χ1n) is 7.01. The van der Waals surface area contributed by atoms with Crippen LogP contribution in [0.2, 0.25) is 0 Å². The van der Waals surface area contributed by atoms with Gasteiger partial charge in [0.15, 0.2) is 0 Å². The van der Waals surface area contributed by atoms with Gasteiger partial charge in [0.25, 0.3) is 0 Å². The van der Waals surface area contributed by atoms with Gasteiger partial charge in [0.1, 0.15) is 5.82 Å². The van der Waals surface area contributed by atoms with Crippen molar-refractivity contribution in [2.45, 2.75) is 31.7 Å². The quantitative estimate of drug-likeness (QED) is 0.827. The van der Waals surface area contributed by atoms with Crippen LogP contribution >= 0.6 is 0 Å². The number of rotatable bonds is 6. The van der Waals surface area contributed by atoms with Crippen LogP contribution in [0.15, 0.2) is 24.3 Å². The van der Waals surface area contributed by atoms with Crippen LogP contribution in [0.25, 0.3) is 0 Å². The van der Waals surface area contributed by atoms with Gasteiger partial charge in [0.2, 0.25) is 5.91 Å². The predicted octanol–water partition coefficient (Wildman–Crippen LogP) is 2.54. The molecule has 2 saturated carbocycles. The van der Waals surface area contributed by atoms with Crippen LogP contribution in [0.3, 0.4) is 0 Å². The molecular weight excluding hydrogens is 243 g/mol. The average Bonchev–Trinajstić information content (AvgIpc) is 3.24. The molecule has 102 valence electrons. The molecule has 0 unspecified atom stereocenters. The molecule has 2 fully saturated rings. The maximum atomic E-state index is 13.0. The van der Waals surface area contributed by atoms with E-state index in [-0.39, 0.29) is 11.7 Å². The van der Waals surface area contributed by atoms with Crippen molar-refractivity contribution in [1.82, 2.24) is 5.32 Å². The molecule has 2 N–H and O–H groups in total. The Bertz CT molecular complexity index is 457. The molecule has 1 aromatic rings. The van der Waals surface area contributed by atoms with Crippen LogP contribution in [0.1, 0.15) is 25.7 Å². The highest BCUT2D eigenvalue weighted by molar-refractivity contribution is 5.92. The number of benzene rings is 1. The van der Waals surface area contributed by atoms with Gasteiger partial charge >= 0.3 is 0 Å². The molecule has 0 spiro atoms. The van der Waals surface area contributed by atoms with Gasteiger partial charge in [-0.3, -0.25) is 4.79 Å². The number of carbonyl (C=O) groups is 1. The zero-order chi connectivity index (χ0) is 13.2. The second-order valence-electron chi connectivity index (χ2n) is 5.64. The third kappa shape index (κ3) is 3.53. The van der Waals surface area contributed by atoms with Gasteiger partial charge in [-0.1, -0.05) is 6.07 Å². The Morgan fingerprint density at radius 1 is 1.26 bits per heavy atom. The largest absolute Gasteiger partial charge is 0.325 e. The number of halogens is 1. The van der Waals surface area contributed by atoms with Crippen LogP contribution in [0.5, 0.6) is 0 Å². The maximum Gasteiger partial charge on any atom is 0.238 e. The molecule has 3 nitrogen and oxygen atoms in total. The summed E-state index contributed by atoms with van der Waals surface area (Å²) in [4.78, 5) is 11.8.